The third kappa shape index (κ3) is 2.86. The van der Waals surface area contributed by atoms with Crippen LogP contribution in [0.2, 0.25) is 0 Å². The highest BCUT2D eigenvalue weighted by Gasteiger charge is 2.28. The van der Waals surface area contributed by atoms with Gasteiger partial charge in [0.15, 0.2) is 0 Å². The quantitative estimate of drug-likeness (QED) is 0.872. The van der Waals surface area contributed by atoms with Gasteiger partial charge in [-0.1, -0.05) is 24.3 Å². The second-order valence-corrected chi connectivity index (χ2v) is 5.83. The Bertz CT molecular complexity index is 483. The molecule has 108 valence electrons. The van der Waals surface area contributed by atoms with Crippen molar-refractivity contribution >= 4 is 5.91 Å². The number of fused-ring (bicyclic) bond motifs is 1. The van der Waals surface area contributed by atoms with Crippen molar-refractivity contribution in [3.63, 3.8) is 0 Å². The topological polar surface area (TPSA) is 50.4 Å². The van der Waals surface area contributed by atoms with Gasteiger partial charge in [-0.15, -0.1) is 0 Å². The van der Waals surface area contributed by atoms with Gasteiger partial charge >= 0.3 is 0 Å². The highest BCUT2D eigenvalue weighted by Crippen LogP contribution is 2.18. The molecular weight excluding hydrogens is 252 g/mol. The molecule has 1 amide bonds. The predicted octanol–water partition coefficient (Wildman–Crippen LogP) is 1.24. The fraction of sp³-hybridized carbons (Fsp3) is 0.562. The van der Waals surface area contributed by atoms with Crippen LogP contribution >= 0.6 is 0 Å². The molecule has 3 atom stereocenters. The Morgan fingerprint density at radius 3 is 2.95 bits per heavy atom. The lowest BCUT2D eigenvalue weighted by molar-refractivity contribution is -0.124. The SMILES string of the molecule is CC(NC(=O)[C@@H]1Cc2ccccc2CN1)C1CCOC1. The van der Waals surface area contributed by atoms with E-state index in [2.05, 4.69) is 29.7 Å². The van der Waals surface area contributed by atoms with Crippen molar-refractivity contribution in [2.45, 2.75) is 38.4 Å². The van der Waals surface area contributed by atoms with E-state index in [1.807, 2.05) is 12.1 Å². The molecule has 1 aromatic carbocycles. The maximum atomic E-state index is 12.4. The minimum absolute atomic E-state index is 0.110. The molecule has 1 saturated heterocycles. The van der Waals surface area contributed by atoms with E-state index in [1.165, 1.54) is 11.1 Å². The second-order valence-electron chi connectivity index (χ2n) is 5.83. The highest BCUT2D eigenvalue weighted by molar-refractivity contribution is 5.82. The van der Waals surface area contributed by atoms with Crippen molar-refractivity contribution in [3.8, 4) is 0 Å². The van der Waals surface area contributed by atoms with Crippen LogP contribution in [0, 0.1) is 5.92 Å². The first-order valence-electron chi connectivity index (χ1n) is 7.42. The van der Waals surface area contributed by atoms with Gasteiger partial charge in [0.2, 0.25) is 5.91 Å². The van der Waals surface area contributed by atoms with Crippen LogP contribution in [-0.4, -0.2) is 31.2 Å². The first-order chi connectivity index (χ1) is 9.74. The number of amides is 1. The van der Waals surface area contributed by atoms with E-state index in [9.17, 15) is 4.79 Å². The summed E-state index contributed by atoms with van der Waals surface area (Å²) < 4.78 is 5.38. The molecule has 4 nitrogen and oxygen atoms in total. The molecule has 4 heteroatoms. The Kier molecular flexibility index (Phi) is 4.03. The lowest BCUT2D eigenvalue weighted by atomic mass is 9.94. The number of hydrogen-bond donors (Lipinski definition) is 2. The van der Waals surface area contributed by atoms with E-state index < -0.39 is 0 Å². The monoisotopic (exact) mass is 274 g/mol. The molecule has 2 aliphatic heterocycles. The summed E-state index contributed by atoms with van der Waals surface area (Å²) in [7, 11) is 0. The lowest BCUT2D eigenvalue weighted by Crippen LogP contribution is -2.51. The van der Waals surface area contributed by atoms with Gasteiger partial charge in [-0.2, -0.15) is 0 Å². The zero-order valence-corrected chi connectivity index (χ0v) is 11.9. The van der Waals surface area contributed by atoms with E-state index in [0.29, 0.717) is 5.92 Å². The standard InChI is InChI=1S/C16H22N2O2/c1-11(14-6-7-20-10-14)18-16(19)15-8-12-4-2-3-5-13(12)9-17-15/h2-5,11,14-15,17H,6-10H2,1H3,(H,18,19)/t11?,14?,15-/m0/s1. The summed E-state index contributed by atoms with van der Waals surface area (Å²) in [6.07, 6.45) is 1.82. The summed E-state index contributed by atoms with van der Waals surface area (Å²) in [6.45, 7) is 4.44. The fourth-order valence-corrected chi connectivity index (χ4v) is 3.03. The molecule has 0 aliphatic carbocycles. The molecule has 2 aliphatic rings. The first-order valence-corrected chi connectivity index (χ1v) is 7.42. The molecule has 1 aromatic rings. The largest absolute Gasteiger partial charge is 0.381 e. The van der Waals surface area contributed by atoms with E-state index in [4.69, 9.17) is 4.74 Å². The molecule has 0 saturated carbocycles. The van der Waals surface area contributed by atoms with Gasteiger partial charge in [0, 0.05) is 25.1 Å². The Morgan fingerprint density at radius 1 is 1.40 bits per heavy atom. The van der Waals surface area contributed by atoms with Crippen LogP contribution < -0.4 is 10.6 Å². The van der Waals surface area contributed by atoms with Crippen LogP contribution in [0.15, 0.2) is 24.3 Å². The zero-order chi connectivity index (χ0) is 13.9. The van der Waals surface area contributed by atoms with Crippen LogP contribution in [0.4, 0.5) is 0 Å². The average Bonchev–Trinajstić information content (AvgIpc) is 3.01. The molecule has 0 aromatic heterocycles. The zero-order valence-electron chi connectivity index (χ0n) is 11.9. The van der Waals surface area contributed by atoms with Crippen molar-refractivity contribution in [2.75, 3.05) is 13.2 Å². The average molecular weight is 274 g/mol. The molecule has 20 heavy (non-hydrogen) atoms. The molecule has 2 unspecified atom stereocenters. The number of carbonyl (C=O) groups is 1. The predicted molar refractivity (Wildman–Crippen MR) is 77.3 cm³/mol. The summed E-state index contributed by atoms with van der Waals surface area (Å²) in [5.41, 5.74) is 2.58. The smallest absolute Gasteiger partial charge is 0.237 e. The number of hydrogen-bond acceptors (Lipinski definition) is 3. The number of nitrogens with one attached hydrogen (secondary N) is 2. The van der Waals surface area contributed by atoms with Crippen molar-refractivity contribution in [3.05, 3.63) is 35.4 Å². The molecule has 2 N–H and O–H groups in total. The summed E-state index contributed by atoms with van der Waals surface area (Å²) in [6, 6.07) is 8.39. The number of benzene rings is 1. The first kappa shape index (κ1) is 13.6. The van der Waals surface area contributed by atoms with Gasteiger partial charge in [0.1, 0.15) is 0 Å². The van der Waals surface area contributed by atoms with Crippen LogP contribution in [0.1, 0.15) is 24.5 Å². The maximum Gasteiger partial charge on any atom is 0.237 e. The second kappa shape index (κ2) is 5.94. The molecule has 0 radical (unpaired) electrons. The van der Waals surface area contributed by atoms with E-state index in [-0.39, 0.29) is 18.0 Å². The van der Waals surface area contributed by atoms with Crippen LogP contribution in [0.25, 0.3) is 0 Å². The minimum atomic E-state index is -0.116. The Labute approximate surface area is 119 Å². The Hall–Kier alpha value is -1.39. The molecule has 1 fully saturated rings. The molecule has 0 spiro atoms. The Morgan fingerprint density at radius 2 is 2.20 bits per heavy atom. The summed E-state index contributed by atoms with van der Waals surface area (Å²) in [5.74, 6) is 0.564. The normalized spacial score (nSPS) is 26.9. The van der Waals surface area contributed by atoms with Gasteiger partial charge in [0.05, 0.1) is 12.6 Å². The minimum Gasteiger partial charge on any atom is -0.381 e. The van der Waals surface area contributed by atoms with Crippen molar-refractivity contribution < 1.29 is 9.53 Å². The molecule has 2 heterocycles. The summed E-state index contributed by atoms with van der Waals surface area (Å²) >= 11 is 0. The van der Waals surface area contributed by atoms with Crippen molar-refractivity contribution in [2.24, 2.45) is 5.92 Å². The summed E-state index contributed by atoms with van der Waals surface area (Å²) in [5, 5.41) is 6.47. The van der Waals surface area contributed by atoms with Gasteiger partial charge in [-0.25, -0.2) is 0 Å². The van der Waals surface area contributed by atoms with Gasteiger partial charge < -0.3 is 15.4 Å². The third-order valence-electron chi connectivity index (χ3n) is 4.44. The molecule has 0 bridgehead atoms. The van der Waals surface area contributed by atoms with Crippen molar-refractivity contribution in [1.29, 1.82) is 0 Å². The van der Waals surface area contributed by atoms with Gasteiger partial charge in [-0.3, -0.25) is 4.79 Å². The highest BCUT2D eigenvalue weighted by atomic mass is 16.5. The Balaban J connectivity index is 1.58. The van der Waals surface area contributed by atoms with Gasteiger partial charge in [0.25, 0.3) is 0 Å². The van der Waals surface area contributed by atoms with Gasteiger partial charge in [-0.05, 0) is 30.9 Å². The fourth-order valence-electron chi connectivity index (χ4n) is 3.03. The maximum absolute atomic E-state index is 12.4. The molecule has 3 rings (SSSR count). The lowest BCUT2D eigenvalue weighted by Gasteiger charge is -2.28. The number of rotatable bonds is 3. The third-order valence-corrected chi connectivity index (χ3v) is 4.44. The van der Waals surface area contributed by atoms with E-state index in [0.717, 1.165) is 32.6 Å². The number of carbonyl (C=O) groups excluding carboxylic acids is 1. The van der Waals surface area contributed by atoms with E-state index in [1.54, 1.807) is 0 Å². The summed E-state index contributed by atoms with van der Waals surface area (Å²) in [4.78, 5) is 12.4. The van der Waals surface area contributed by atoms with Crippen LogP contribution in [0.5, 0.6) is 0 Å². The van der Waals surface area contributed by atoms with Crippen LogP contribution in [-0.2, 0) is 22.5 Å². The van der Waals surface area contributed by atoms with Crippen LogP contribution in [0.3, 0.4) is 0 Å². The van der Waals surface area contributed by atoms with Crippen molar-refractivity contribution in [1.82, 2.24) is 10.6 Å². The molecular formula is C16H22N2O2. The number of ether oxygens (including phenoxy) is 1. The van der Waals surface area contributed by atoms with E-state index >= 15 is 0 Å².